The number of phenolic OH excluding ortho intramolecular Hbond substituents is 1. The first-order chi connectivity index (χ1) is 8.56. The number of halogens is 2. The molecule has 0 heterocycles. The van der Waals surface area contributed by atoms with Crippen molar-refractivity contribution in [2.24, 2.45) is 0 Å². The van der Waals surface area contributed by atoms with Gasteiger partial charge in [0.2, 0.25) is 0 Å². The number of phenols is 1. The maximum absolute atomic E-state index is 11.9. The summed E-state index contributed by atoms with van der Waals surface area (Å²) in [6, 6.07) is 11.4. The van der Waals surface area contributed by atoms with Crippen LogP contribution in [-0.2, 0) is 0 Å². The van der Waals surface area contributed by atoms with E-state index in [4.69, 9.17) is 4.74 Å². The quantitative estimate of drug-likeness (QED) is 0.637. The van der Waals surface area contributed by atoms with Crippen molar-refractivity contribution in [2.45, 2.75) is 0 Å². The van der Waals surface area contributed by atoms with Crippen molar-refractivity contribution in [3.8, 4) is 11.5 Å². The lowest BCUT2D eigenvalue weighted by molar-refractivity contribution is 0.0731. The van der Waals surface area contributed by atoms with Gasteiger partial charge in [0.05, 0.1) is 0 Å². The highest BCUT2D eigenvalue weighted by Crippen LogP contribution is 2.24. The number of ether oxygens (including phenoxy) is 1. The van der Waals surface area contributed by atoms with E-state index in [0.717, 1.165) is 4.47 Å². The predicted octanol–water partition coefficient (Wildman–Crippen LogP) is 4.14. The van der Waals surface area contributed by atoms with Crippen LogP contribution >= 0.6 is 31.9 Å². The lowest BCUT2D eigenvalue weighted by Crippen LogP contribution is -2.08. The van der Waals surface area contributed by atoms with E-state index < -0.39 is 5.97 Å². The molecule has 0 saturated heterocycles. The fourth-order valence-corrected chi connectivity index (χ4v) is 1.96. The van der Waals surface area contributed by atoms with Gasteiger partial charge in [0.25, 0.3) is 0 Å². The molecule has 0 amide bonds. The Kier molecular flexibility index (Phi) is 4.04. The Hall–Kier alpha value is -1.33. The van der Waals surface area contributed by atoms with Crippen molar-refractivity contribution in [3.05, 3.63) is 57.0 Å². The first-order valence-electron chi connectivity index (χ1n) is 5.02. The fourth-order valence-electron chi connectivity index (χ4n) is 1.34. The SMILES string of the molecule is O=C(Oc1ccc(Br)cc1)c1cc(Br)ccc1O. The van der Waals surface area contributed by atoms with Gasteiger partial charge in [-0.3, -0.25) is 0 Å². The Morgan fingerprint density at radius 1 is 1.00 bits per heavy atom. The van der Waals surface area contributed by atoms with Crippen LogP contribution in [0.25, 0.3) is 0 Å². The van der Waals surface area contributed by atoms with Crippen LogP contribution in [0.2, 0.25) is 0 Å². The topological polar surface area (TPSA) is 46.5 Å². The molecule has 92 valence electrons. The number of esters is 1. The third kappa shape index (κ3) is 3.11. The molecule has 0 aliphatic rings. The smallest absolute Gasteiger partial charge is 0.347 e. The average molecular weight is 372 g/mol. The molecule has 0 fully saturated rings. The summed E-state index contributed by atoms with van der Waals surface area (Å²) in [6.45, 7) is 0. The molecule has 0 spiro atoms. The molecule has 0 aliphatic heterocycles. The summed E-state index contributed by atoms with van der Waals surface area (Å²) in [5, 5.41) is 9.60. The molecule has 0 saturated carbocycles. The zero-order chi connectivity index (χ0) is 13.1. The highest BCUT2D eigenvalue weighted by molar-refractivity contribution is 9.10. The van der Waals surface area contributed by atoms with Gasteiger partial charge in [-0.1, -0.05) is 31.9 Å². The molecule has 2 aromatic rings. The normalized spacial score (nSPS) is 10.1. The number of benzene rings is 2. The van der Waals surface area contributed by atoms with Crippen LogP contribution in [0.4, 0.5) is 0 Å². The highest BCUT2D eigenvalue weighted by Gasteiger charge is 2.14. The van der Waals surface area contributed by atoms with Gasteiger partial charge in [-0.25, -0.2) is 4.79 Å². The molecular weight excluding hydrogens is 364 g/mol. The van der Waals surface area contributed by atoms with Crippen molar-refractivity contribution in [1.82, 2.24) is 0 Å². The molecule has 5 heteroatoms. The second-order valence-electron chi connectivity index (χ2n) is 3.50. The van der Waals surface area contributed by atoms with Gasteiger partial charge < -0.3 is 9.84 Å². The Balaban J connectivity index is 2.21. The van der Waals surface area contributed by atoms with Crippen LogP contribution in [-0.4, -0.2) is 11.1 Å². The van der Waals surface area contributed by atoms with Gasteiger partial charge in [-0.2, -0.15) is 0 Å². The Morgan fingerprint density at radius 3 is 2.28 bits per heavy atom. The maximum Gasteiger partial charge on any atom is 0.347 e. The Bertz CT molecular complexity index is 579. The summed E-state index contributed by atoms with van der Waals surface area (Å²) in [5.41, 5.74) is 0.118. The molecule has 0 unspecified atom stereocenters. The largest absolute Gasteiger partial charge is 0.507 e. The summed E-state index contributed by atoms with van der Waals surface area (Å²) in [5.74, 6) is -0.293. The second kappa shape index (κ2) is 5.54. The van der Waals surface area contributed by atoms with Crippen molar-refractivity contribution >= 4 is 37.8 Å². The molecule has 2 aromatic carbocycles. The first kappa shape index (κ1) is 13.1. The van der Waals surface area contributed by atoms with Crippen molar-refractivity contribution in [3.63, 3.8) is 0 Å². The molecule has 0 bridgehead atoms. The van der Waals surface area contributed by atoms with Crippen LogP contribution in [0.3, 0.4) is 0 Å². The molecule has 1 N–H and O–H groups in total. The van der Waals surface area contributed by atoms with Gasteiger partial charge in [-0.15, -0.1) is 0 Å². The second-order valence-corrected chi connectivity index (χ2v) is 5.34. The zero-order valence-electron chi connectivity index (χ0n) is 9.06. The summed E-state index contributed by atoms with van der Waals surface area (Å²) in [6.07, 6.45) is 0. The first-order valence-corrected chi connectivity index (χ1v) is 6.61. The van der Waals surface area contributed by atoms with E-state index in [-0.39, 0.29) is 11.3 Å². The van der Waals surface area contributed by atoms with Gasteiger partial charge >= 0.3 is 5.97 Å². The van der Waals surface area contributed by atoms with Crippen LogP contribution in [0.15, 0.2) is 51.4 Å². The van der Waals surface area contributed by atoms with E-state index in [2.05, 4.69) is 31.9 Å². The average Bonchev–Trinajstić information content (AvgIpc) is 2.35. The zero-order valence-corrected chi connectivity index (χ0v) is 12.2. The predicted molar refractivity (Wildman–Crippen MR) is 74.9 cm³/mol. The minimum Gasteiger partial charge on any atom is -0.507 e. The molecule has 0 radical (unpaired) electrons. The summed E-state index contributed by atoms with van der Waals surface area (Å²) in [4.78, 5) is 11.9. The molecule has 0 aromatic heterocycles. The Labute approximate surface area is 121 Å². The van der Waals surface area contributed by atoms with Gasteiger partial charge in [-0.05, 0) is 42.5 Å². The van der Waals surface area contributed by atoms with Gasteiger partial charge in [0.15, 0.2) is 0 Å². The summed E-state index contributed by atoms with van der Waals surface area (Å²) >= 11 is 6.53. The van der Waals surface area contributed by atoms with Crippen molar-refractivity contribution < 1.29 is 14.6 Å². The van der Waals surface area contributed by atoms with E-state index in [1.165, 1.54) is 12.1 Å². The maximum atomic E-state index is 11.9. The summed E-state index contributed by atoms with van der Waals surface area (Å²) < 4.78 is 6.74. The molecule has 0 aliphatic carbocycles. The van der Waals surface area contributed by atoms with Crippen LogP contribution in [0.1, 0.15) is 10.4 Å². The van der Waals surface area contributed by atoms with Crippen molar-refractivity contribution in [2.75, 3.05) is 0 Å². The number of carbonyl (C=O) groups is 1. The lowest BCUT2D eigenvalue weighted by atomic mass is 10.2. The molecular formula is C13H8Br2O3. The van der Waals surface area contributed by atoms with Crippen molar-refractivity contribution in [1.29, 1.82) is 0 Å². The minimum absolute atomic E-state index is 0.111. The monoisotopic (exact) mass is 370 g/mol. The summed E-state index contributed by atoms with van der Waals surface area (Å²) in [7, 11) is 0. The van der Waals surface area contributed by atoms with Gasteiger partial charge in [0.1, 0.15) is 17.1 Å². The van der Waals surface area contributed by atoms with E-state index in [1.807, 2.05) is 0 Å². The lowest BCUT2D eigenvalue weighted by Gasteiger charge is -2.06. The number of hydrogen-bond donors (Lipinski definition) is 1. The van der Waals surface area contributed by atoms with Gasteiger partial charge in [0, 0.05) is 8.95 Å². The third-order valence-corrected chi connectivity index (χ3v) is 3.22. The van der Waals surface area contributed by atoms with E-state index >= 15 is 0 Å². The molecule has 18 heavy (non-hydrogen) atoms. The standard InChI is InChI=1S/C13H8Br2O3/c14-8-1-4-10(5-2-8)18-13(17)11-7-9(15)3-6-12(11)16/h1-7,16H. The number of aromatic hydroxyl groups is 1. The molecule has 3 nitrogen and oxygen atoms in total. The van der Waals surface area contributed by atoms with E-state index in [9.17, 15) is 9.90 Å². The highest BCUT2D eigenvalue weighted by atomic mass is 79.9. The van der Waals surface area contributed by atoms with E-state index in [1.54, 1.807) is 30.3 Å². The van der Waals surface area contributed by atoms with Crippen LogP contribution in [0, 0.1) is 0 Å². The third-order valence-electron chi connectivity index (χ3n) is 2.20. The van der Waals surface area contributed by atoms with Crippen LogP contribution < -0.4 is 4.74 Å². The minimum atomic E-state index is -0.601. The number of carbonyl (C=O) groups excluding carboxylic acids is 1. The van der Waals surface area contributed by atoms with E-state index in [0.29, 0.717) is 10.2 Å². The Morgan fingerprint density at radius 2 is 1.61 bits per heavy atom. The van der Waals surface area contributed by atoms with Crippen LogP contribution in [0.5, 0.6) is 11.5 Å². The number of rotatable bonds is 2. The fraction of sp³-hybridized carbons (Fsp3) is 0. The number of hydrogen-bond acceptors (Lipinski definition) is 3. The molecule has 0 atom stereocenters. The molecule has 2 rings (SSSR count).